The van der Waals surface area contributed by atoms with Crippen LogP contribution in [0, 0.1) is 6.92 Å². The van der Waals surface area contributed by atoms with E-state index in [4.69, 9.17) is 11.6 Å². The van der Waals surface area contributed by atoms with Gasteiger partial charge in [-0.2, -0.15) is 0 Å². The third-order valence-electron chi connectivity index (χ3n) is 8.97. The van der Waals surface area contributed by atoms with E-state index in [2.05, 4.69) is 19.2 Å². The van der Waals surface area contributed by atoms with Gasteiger partial charge in [0.15, 0.2) is 0 Å². The Morgan fingerprint density at radius 1 is 0.833 bits per heavy atom. The van der Waals surface area contributed by atoms with E-state index in [9.17, 15) is 18.0 Å². The first-order chi connectivity index (χ1) is 23.0. The number of amides is 2. The standard InChI is InChI=1S/C39H44ClN3O4S/c1-28(2)32-17-21-35(22-18-32)43(48(46,47)36-23-13-29(3)14-24-36)27-38(44)42(26-31-15-19-33(40)20-16-31)37(25-30-9-5-4-6-10-30)39(45)41-34-11-7-8-12-34/h4-6,9-10,13-24,28,34,37H,7-8,11-12,25-27H2,1-3H3,(H,41,45). The molecule has 0 saturated heterocycles. The van der Waals surface area contributed by atoms with Crippen molar-refractivity contribution in [2.45, 2.75) is 82.3 Å². The Hall–Kier alpha value is -4.14. The van der Waals surface area contributed by atoms with E-state index >= 15 is 0 Å². The zero-order chi connectivity index (χ0) is 34.3. The number of benzene rings is 4. The number of halogens is 1. The molecule has 4 aromatic carbocycles. The van der Waals surface area contributed by atoms with Crippen LogP contribution >= 0.6 is 11.6 Å². The van der Waals surface area contributed by atoms with Crippen molar-refractivity contribution in [2.75, 3.05) is 10.8 Å². The van der Waals surface area contributed by atoms with Crippen LogP contribution in [0.4, 0.5) is 5.69 Å². The summed E-state index contributed by atoms with van der Waals surface area (Å²) in [7, 11) is -4.17. The number of nitrogens with zero attached hydrogens (tertiary/aromatic N) is 2. The van der Waals surface area contributed by atoms with Crippen LogP contribution in [0.3, 0.4) is 0 Å². The third kappa shape index (κ3) is 8.85. The molecule has 0 radical (unpaired) electrons. The van der Waals surface area contributed by atoms with Gasteiger partial charge in [0.05, 0.1) is 10.6 Å². The van der Waals surface area contributed by atoms with Crippen LogP contribution in [0.15, 0.2) is 108 Å². The normalized spacial score (nSPS) is 14.1. The van der Waals surface area contributed by atoms with Crippen molar-refractivity contribution in [1.29, 1.82) is 0 Å². The average molecular weight is 686 g/mol. The predicted octanol–water partition coefficient (Wildman–Crippen LogP) is 7.67. The molecular formula is C39H44ClN3O4S. The van der Waals surface area contributed by atoms with Crippen LogP contribution in [0.1, 0.15) is 67.7 Å². The van der Waals surface area contributed by atoms with Crippen molar-refractivity contribution >= 4 is 39.1 Å². The maximum atomic E-state index is 14.7. The van der Waals surface area contributed by atoms with Gasteiger partial charge in [0, 0.05) is 24.0 Å². The molecule has 252 valence electrons. The Labute approximate surface area is 290 Å². The smallest absolute Gasteiger partial charge is 0.264 e. The molecule has 1 unspecified atom stereocenters. The molecule has 1 aliphatic rings. The van der Waals surface area contributed by atoms with Crippen LogP contribution in [0.25, 0.3) is 0 Å². The van der Waals surface area contributed by atoms with Gasteiger partial charge in [-0.25, -0.2) is 8.42 Å². The number of aryl methyl sites for hydroxylation is 1. The number of sulfonamides is 1. The number of hydrogen-bond donors (Lipinski definition) is 1. The van der Waals surface area contributed by atoms with Crippen molar-refractivity contribution in [3.63, 3.8) is 0 Å². The van der Waals surface area contributed by atoms with Crippen molar-refractivity contribution in [3.8, 4) is 0 Å². The third-order valence-corrected chi connectivity index (χ3v) is 11.0. The second kappa shape index (κ2) is 15.8. The lowest BCUT2D eigenvalue weighted by Crippen LogP contribution is -2.54. The van der Waals surface area contributed by atoms with Gasteiger partial charge in [-0.1, -0.05) is 111 Å². The predicted molar refractivity (Wildman–Crippen MR) is 193 cm³/mol. The highest BCUT2D eigenvalue weighted by Gasteiger charge is 2.35. The summed E-state index contributed by atoms with van der Waals surface area (Å²) in [4.78, 5) is 30.4. The van der Waals surface area contributed by atoms with E-state index in [1.165, 1.54) is 4.90 Å². The fraction of sp³-hybridized carbons (Fsp3) is 0.333. The number of hydrogen-bond acceptors (Lipinski definition) is 4. The van der Waals surface area contributed by atoms with Crippen LogP contribution < -0.4 is 9.62 Å². The second-order valence-electron chi connectivity index (χ2n) is 12.9. The molecule has 1 fully saturated rings. The maximum absolute atomic E-state index is 14.7. The molecule has 1 atom stereocenters. The quantitative estimate of drug-likeness (QED) is 0.157. The Kier molecular flexibility index (Phi) is 11.6. The molecule has 48 heavy (non-hydrogen) atoms. The Morgan fingerprint density at radius 2 is 1.46 bits per heavy atom. The number of anilines is 1. The van der Waals surface area contributed by atoms with Gasteiger partial charge < -0.3 is 10.2 Å². The summed E-state index contributed by atoms with van der Waals surface area (Å²) in [6.07, 6.45) is 4.15. The highest BCUT2D eigenvalue weighted by molar-refractivity contribution is 7.92. The first-order valence-corrected chi connectivity index (χ1v) is 18.4. The lowest BCUT2D eigenvalue weighted by Gasteiger charge is -2.34. The highest BCUT2D eigenvalue weighted by atomic mass is 35.5. The van der Waals surface area contributed by atoms with Crippen LogP contribution in [0.2, 0.25) is 5.02 Å². The van der Waals surface area contributed by atoms with Gasteiger partial charge in [-0.15, -0.1) is 0 Å². The van der Waals surface area contributed by atoms with E-state index < -0.39 is 28.5 Å². The summed E-state index contributed by atoms with van der Waals surface area (Å²) in [5.41, 5.74) is 4.01. The molecule has 0 aliphatic heterocycles. The molecule has 0 spiro atoms. The number of rotatable bonds is 13. The average Bonchev–Trinajstić information content (AvgIpc) is 3.59. The van der Waals surface area contributed by atoms with Gasteiger partial charge in [-0.3, -0.25) is 13.9 Å². The zero-order valence-electron chi connectivity index (χ0n) is 27.8. The van der Waals surface area contributed by atoms with Crippen molar-refractivity contribution in [3.05, 3.63) is 130 Å². The summed E-state index contributed by atoms with van der Waals surface area (Å²) < 4.78 is 29.8. The van der Waals surface area contributed by atoms with Gasteiger partial charge in [0.25, 0.3) is 10.0 Å². The summed E-state index contributed by atoms with van der Waals surface area (Å²) in [5.74, 6) is -0.492. The Morgan fingerprint density at radius 3 is 2.06 bits per heavy atom. The highest BCUT2D eigenvalue weighted by Crippen LogP contribution is 2.28. The molecule has 7 nitrogen and oxygen atoms in total. The molecule has 0 aromatic heterocycles. The molecule has 5 rings (SSSR count). The van der Waals surface area contributed by atoms with Crippen molar-refractivity contribution < 1.29 is 18.0 Å². The minimum absolute atomic E-state index is 0.0427. The molecular weight excluding hydrogens is 642 g/mol. The fourth-order valence-corrected chi connectivity index (χ4v) is 7.64. The summed E-state index contributed by atoms with van der Waals surface area (Å²) >= 11 is 6.19. The van der Waals surface area contributed by atoms with Gasteiger partial charge in [0.2, 0.25) is 11.8 Å². The minimum Gasteiger partial charge on any atom is -0.352 e. The maximum Gasteiger partial charge on any atom is 0.264 e. The summed E-state index contributed by atoms with van der Waals surface area (Å²) in [5, 5.41) is 3.76. The summed E-state index contributed by atoms with van der Waals surface area (Å²) in [6.45, 7) is 5.62. The van der Waals surface area contributed by atoms with Crippen molar-refractivity contribution in [1.82, 2.24) is 10.2 Å². The van der Waals surface area contributed by atoms with Gasteiger partial charge >= 0.3 is 0 Å². The Balaban J connectivity index is 1.57. The molecule has 0 bridgehead atoms. The van der Waals surface area contributed by atoms with E-state index in [1.807, 2.05) is 61.5 Å². The molecule has 1 saturated carbocycles. The summed E-state index contributed by atoms with van der Waals surface area (Å²) in [6, 6.07) is 29.7. The molecule has 1 aliphatic carbocycles. The van der Waals surface area contributed by atoms with E-state index in [0.29, 0.717) is 10.7 Å². The molecule has 2 amide bonds. The van der Waals surface area contributed by atoms with Crippen molar-refractivity contribution in [2.24, 2.45) is 0 Å². The van der Waals surface area contributed by atoms with Crippen LogP contribution in [0.5, 0.6) is 0 Å². The first kappa shape index (κ1) is 35.2. The van der Waals surface area contributed by atoms with Crippen LogP contribution in [-0.2, 0) is 32.6 Å². The lowest BCUT2D eigenvalue weighted by molar-refractivity contribution is -0.140. The molecule has 0 heterocycles. The number of carbonyl (C=O) groups is 2. The lowest BCUT2D eigenvalue weighted by atomic mass is 10.0. The van der Waals surface area contributed by atoms with E-state index in [1.54, 1.807) is 48.5 Å². The SMILES string of the molecule is Cc1ccc(S(=O)(=O)N(CC(=O)N(Cc2ccc(Cl)cc2)C(Cc2ccccc2)C(=O)NC2CCCC2)c2ccc(C(C)C)cc2)cc1. The second-order valence-corrected chi connectivity index (χ2v) is 15.2. The fourth-order valence-electron chi connectivity index (χ4n) is 6.10. The zero-order valence-corrected chi connectivity index (χ0v) is 29.4. The largest absolute Gasteiger partial charge is 0.352 e. The minimum atomic E-state index is -4.17. The Bertz CT molecular complexity index is 1770. The molecule has 9 heteroatoms. The number of carbonyl (C=O) groups excluding carboxylic acids is 2. The van der Waals surface area contributed by atoms with Crippen LogP contribution in [-0.4, -0.2) is 43.8 Å². The molecule has 4 aromatic rings. The molecule has 1 N–H and O–H groups in total. The monoisotopic (exact) mass is 685 g/mol. The van der Waals surface area contributed by atoms with Gasteiger partial charge in [0.1, 0.15) is 12.6 Å². The number of nitrogens with one attached hydrogen (secondary N) is 1. The van der Waals surface area contributed by atoms with Gasteiger partial charge in [-0.05, 0) is 78.8 Å². The topological polar surface area (TPSA) is 86.8 Å². The first-order valence-electron chi connectivity index (χ1n) is 16.6. The van der Waals surface area contributed by atoms with E-state index in [0.717, 1.165) is 52.2 Å². The van der Waals surface area contributed by atoms with E-state index in [-0.39, 0.29) is 35.7 Å².